The average molecular weight is 277 g/mol. The summed E-state index contributed by atoms with van der Waals surface area (Å²) < 4.78 is 12.8. The summed E-state index contributed by atoms with van der Waals surface area (Å²) in [7, 11) is 0. The van der Waals surface area contributed by atoms with Crippen molar-refractivity contribution in [3.63, 3.8) is 0 Å². The summed E-state index contributed by atoms with van der Waals surface area (Å²) in [5.41, 5.74) is 0.664. The van der Waals surface area contributed by atoms with E-state index in [4.69, 9.17) is 0 Å². The van der Waals surface area contributed by atoms with Gasteiger partial charge in [0, 0.05) is 18.3 Å². The lowest BCUT2D eigenvalue weighted by atomic mass is 10.00. The number of imide groups is 1. The third-order valence-corrected chi connectivity index (χ3v) is 3.71. The molecule has 0 spiro atoms. The molecule has 2 atom stereocenters. The minimum absolute atomic E-state index is 0.0834. The van der Waals surface area contributed by atoms with Crippen molar-refractivity contribution in [2.24, 2.45) is 11.8 Å². The Bertz CT molecular complexity index is 533. The van der Waals surface area contributed by atoms with Crippen LogP contribution in [0.2, 0.25) is 0 Å². The van der Waals surface area contributed by atoms with Gasteiger partial charge in [0.2, 0.25) is 11.8 Å². The van der Waals surface area contributed by atoms with E-state index in [2.05, 4.69) is 0 Å². The van der Waals surface area contributed by atoms with Crippen LogP contribution in [0.1, 0.15) is 19.4 Å². The van der Waals surface area contributed by atoms with Gasteiger partial charge in [-0.15, -0.1) is 0 Å². The van der Waals surface area contributed by atoms with Crippen molar-refractivity contribution in [1.29, 1.82) is 0 Å². The SMILES string of the molecule is CC1C(=O)N(CC(=O)Cc2ccc(F)cc2)C(=O)C1C. The number of likely N-dealkylation sites (tertiary alicyclic amines) is 1. The highest BCUT2D eigenvalue weighted by Crippen LogP contribution is 2.25. The summed E-state index contributed by atoms with van der Waals surface area (Å²) in [6.07, 6.45) is 0.0834. The van der Waals surface area contributed by atoms with Crippen molar-refractivity contribution in [2.45, 2.75) is 20.3 Å². The Morgan fingerprint density at radius 3 is 2.10 bits per heavy atom. The zero-order valence-corrected chi connectivity index (χ0v) is 11.4. The van der Waals surface area contributed by atoms with Crippen LogP contribution in [0.3, 0.4) is 0 Å². The number of halogens is 1. The summed E-state index contributed by atoms with van der Waals surface area (Å²) >= 11 is 0. The number of amides is 2. The predicted octanol–water partition coefficient (Wildman–Crippen LogP) is 1.58. The molecule has 2 rings (SSSR count). The highest BCUT2D eigenvalue weighted by atomic mass is 19.1. The Hall–Kier alpha value is -2.04. The number of carbonyl (C=O) groups excluding carboxylic acids is 3. The van der Waals surface area contributed by atoms with Crippen LogP contribution < -0.4 is 0 Å². The molecule has 1 aromatic rings. The van der Waals surface area contributed by atoms with E-state index in [9.17, 15) is 18.8 Å². The Morgan fingerprint density at radius 1 is 1.10 bits per heavy atom. The number of benzene rings is 1. The molecular formula is C15H16FNO3. The van der Waals surface area contributed by atoms with Gasteiger partial charge in [-0.05, 0) is 17.7 Å². The van der Waals surface area contributed by atoms with Crippen LogP contribution in [-0.2, 0) is 20.8 Å². The van der Waals surface area contributed by atoms with Crippen LogP contribution >= 0.6 is 0 Å². The Morgan fingerprint density at radius 2 is 1.60 bits per heavy atom. The maximum Gasteiger partial charge on any atom is 0.233 e. The van der Waals surface area contributed by atoms with E-state index in [1.54, 1.807) is 13.8 Å². The molecule has 106 valence electrons. The fourth-order valence-electron chi connectivity index (χ4n) is 2.25. The first kappa shape index (κ1) is 14.4. The molecule has 0 bridgehead atoms. The third-order valence-electron chi connectivity index (χ3n) is 3.71. The Kier molecular flexibility index (Phi) is 3.97. The standard InChI is InChI=1S/C15H16FNO3/c1-9-10(2)15(20)17(14(9)19)8-13(18)7-11-3-5-12(16)6-4-11/h3-6,9-10H,7-8H2,1-2H3. The molecule has 1 aliphatic rings. The van der Waals surface area contributed by atoms with Crippen LogP contribution in [0.25, 0.3) is 0 Å². The number of hydrogen-bond donors (Lipinski definition) is 0. The first-order valence-corrected chi connectivity index (χ1v) is 6.51. The topological polar surface area (TPSA) is 54.5 Å². The van der Waals surface area contributed by atoms with Gasteiger partial charge in [-0.25, -0.2) is 4.39 Å². The molecular weight excluding hydrogens is 261 g/mol. The van der Waals surface area contributed by atoms with Gasteiger partial charge >= 0.3 is 0 Å². The summed E-state index contributed by atoms with van der Waals surface area (Å²) in [5.74, 6) is -1.94. The van der Waals surface area contributed by atoms with Crippen molar-refractivity contribution in [2.75, 3.05) is 6.54 Å². The lowest BCUT2D eigenvalue weighted by Crippen LogP contribution is -2.36. The van der Waals surface area contributed by atoms with E-state index >= 15 is 0 Å². The van der Waals surface area contributed by atoms with E-state index in [1.807, 2.05) is 0 Å². The monoisotopic (exact) mass is 277 g/mol. The summed E-state index contributed by atoms with van der Waals surface area (Å²) in [6, 6.07) is 5.59. The molecule has 20 heavy (non-hydrogen) atoms. The van der Waals surface area contributed by atoms with Crippen LogP contribution in [0.5, 0.6) is 0 Å². The predicted molar refractivity (Wildman–Crippen MR) is 70.2 cm³/mol. The first-order valence-electron chi connectivity index (χ1n) is 6.51. The maximum absolute atomic E-state index is 12.8. The smallest absolute Gasteiger partial charge is 0.233 e. The molecule has 0 aromatic heterocycles. The number of carbonyl (C=O) groups is 3. The van der Waals surface area contributed by atoms with Gasteiger partial charge in [0.15, 0.2) is 5.78 Å². The molecule has 0 aliphatic carbocycles. The molecule has 1 aliphatic heterocycles. The van der Waals surface area contributed by atoms with Gasteiger partial charge in [0.25, 0.3) is 0 Å². The first-order chi connectivity index (χ1) is 9.40. The van der Waals surface area contributed by atoms with Crippen LogP contribution in [0, 0.1) is 17.7 Å². The maximum atomic E-state index is 12.8. The number of ketones is 1. The van der Waals surface area contributed by atoms with E-state index in [0.29, 0.717) is 5.56 Å². The number of rotatable bonds is 4. The molecule has 2 amide bonds. The second-order valence-electron chi connectivity index (χ2n) is 5.18. The van der Waals surface area contributed by atoms with Crippen LogP contribution in [0.4, 0.5) is 4.39 Å². The van der Waals surface area contributed by atoms with Crippen LogP contribution in [0.15, 0.2) is 24.3 Å². The Labute approximate surface area is 116 Å². The molecule has 1 aromatic carbocycles. The molecule has 5 heteroatoms. The fourth-order valence-corrected chi connectivity index (χ4v) is 2.25. The molecule has 1 fully saturated rings. The molecule has 0 saturated carbocycles. The van der Waals surface area contributed by atoms with E-state index in [-0.39, 0.29) is 48.2 Å². The molecule has 0 N–H and O–H groups in total. The normalized spacial score (nSPS) is 22.4. The number of Topliss-reactive ketones (excluding diaryl/α,β-unsaturated/α-hetero) is 1. The highest BCUT2D eigenvalue weighted by Gasteiger charge is 2.42. The van der Waals surface area contributed by atoms with Crippen molar-refractivity contribution in [1.82, 2.24) is 4.90 Å². The minimum Gasteiger partial charge on any atom is -0.297 e. The average Bonchev–Trinajstić information content (AvgIpc) is 2.59. The number of hydrogen-bond acceptors (Lipinski definition) is 3. The third kappa shape index (κ3) is 2.76. The minimum atomic E-state index is -0.374. The second kappa shape index (κ2) is 5.53. The quantitative estimate of drug-likeness (QED) is 0.785. The van der Waals surface area contributed by atoms with Crippen molar-refractivity contribution in [3.05, 3.63) is 35.6 Å². The molecule has 1 heterocycles. The lowest BCUT2D eigenvalue weighted by molar-refractivity contribution is -0.143. The zero-order valence-electron chi connectivity index (χ0n) is 11.4. The van der Waals surface area contributed by atoms with Gasteiger partial charge in [-0.1, -0.05) is 26.0 Å². The fraction of sp³-hybridized carbons (Fsp3) is 0.400. The Balaban J connectivity index is 2.00. The van der Waals surface area contributed by atoms with Gasteiger partial charge in [0.05, 0.1) is 6.54 Å². The van der Waals surface area contributed by atoms with E-state index < -0.39 is 0 Å². The van der Waals surface area contributed by atoms with Crippen molar-refractivity contribution in [3.8, 4) is 0 Å². The molecule has 0 radical (unpaired) electrons. The van der Waals surface area contributed by atoms with E-state index in [0.717, 1.165) is 4.90 Å². The van der Waals surface area contributed by atoms with Gasteiger partial charge in [0.1, 0.15) is 5.82 Å². The lowest BCUT2D eigenvalue weighted by Gasteiger charge is -2.13. The highest BCUT2D eigenvalue weighted by molar-refractivity contribution is 6.07. The van der Waals surface area contributed by atoms with Crippen molar-refractivity contribution < 1.29 is 18.8 Å². The van der Waals surface area contributed by atoms with Gasteiger partial charge < -0.3 is 0 Å². The summed E-state index contributed by atoms with van der Waals surface area (Å²) in [6.45, 7) is 3.18. The van der Waals surface area contributed by atoms with Crippen molar-refractivity contribution >= 4 is 17.6 Å². The second-order valence-corrected chi connectivity index (χ2v) is 5.18. The summed E-state index contributed by atoms with van der Waals surface area (Å²) in [5, 5.41) is 0. The number of nitrogens with zero attached hydrogens (tertiary/aromatic N) is 1. The summed E-state index contributed by atoms with van der Waals surface area (Å²) in [4.78, 5) is 36.7. The molecule has 1 saturated heterocycles. The zero-order chi connectivity index (χ0) is 14.9. The van der Waals surface area contributed by atoms with Gasteiger partial charge in [-0.3, -0.25) is 19.3 Å². The molecule has 4 nitrogen and oxygen atoms in total. The van der Waals surface area contributed by atoms with Gasteiger partial charge in [-0.2, -0.15) is 0 Å². The van der Waals surface area contributed by atoms with Crippen LogP contribution in [-0.4, -0.2) is 29.0 Å². The molecule has 2 unspecified atom stereocenters. The van der Waals surface area contributed by atoms with E-state index in [1.165, 1.54) is 24.3 Å². The largest absolute Gasteiger partial charge is 0.297 e.